The van der Waals surface area contributed by atoms with Crippen molar-refractivity contribution in [3.63, 3.8) is 0 Å². The second-order valence-corrected chi connectivity index (χ2v) is 6.92. The zero-order valence-electron chi connectivity index (χ0n) is 13.4. The fourth-order valence-electron chi connectivity index (χ4n) is 3.32. The molecular formula is C19H16FN3O2. The zero-order valence-corrected chi connectivity index (χ0v) is 13.4. The van der Waals surface area contributed by atoms with Crippen LogP contribution in [0.2, 0.25) is 0 Å². The number of carboxylic acids is 1. The monoisotopic (exact) mass is 337 g/mol. The van der Waals surface area contributed by atoms with Gasteiger partial charge in [-0.1, -0.05) is 0 Å². The molecule has 0 atom stereocenters. The van der Waals surface area contributed by atoms with Crippen molar-refractivity contribution in [3.8, 4) is 5.69 Å². The summed E-state index contributed by atoms with van der Waals surface area (Å²) in [4.78, 5) is 16.6. The van der Waals surface area contributed by atoms with Crippen molar-refractivity contribution in [1.82, 2.24) is 14.8 Å². The normalized spacial score (nSPS) is 17.2. The molecule has 2 heterocycles. The minimum absolute atomic E-state index is 0.280. The van der Waals surface area contributed by atoms with Gasteiger partial charge in [-0.3, -0.25) is 0 Å². The second kappa shape index (κ2) is 5.12. The van der Waals surface area contributed by atoms with Gasteiger partial charge in [0.1, 0.15) is 5.82 Å². The van der Waals surface area contributed by atoms with Crippen LogP contribution in [0.1, 0.15) is 59.3 Å². The Bertz CT molecular complexity index is 1000. The van der Waals surface area contributed by atoms with E-state index in [9.17, 15) is 14.3 Å². The van der Waals surface area contributed by atoms with Crippen molar-refractivity contribution in [1.29, 1.82) is 0 Å². The molecule has 3 aromatic rings. The van der Waals surface area contributed by atoms with Gasteiger partial charge in [0, 0.05) is 17.5 Å². The highest BCUT2D eigenvalue weighted by Gasteiger charge is 2.34. The Morgan fingerprint density at radius 3 is 2.40 bits per heavy atom. The van der Waals surface area contributed by atoms with Gasteiger partial charge in [0.05, 0.1) is 22.3 Å². The van der Waals surface area contributed by atoms with Crippen molar-refractivity contribution in [3.05, 3.63) is 53.1 Å². The summed E-state index contributed by atoms with van der Waals surface area (Å²) >= 11 is 0. The molecule has 5 rings (SSSR count). The van der Waals surface area contributed by atoms with Crippen LogP contribution in [0.5, 0.6) is 0 Å². The van der Waals surface area contributed by atoms with Crippen LogP contribution < -0.4 is 0 Å². The van der Waals surface area contributed by atoms with Crippen LogP contribution in [-0.4, -0.2) is 25.8 Å². The van der Waals surface area contributed by atoms with Gasteiger partial charge in [-0.25, -0.2) is 18.9 Å². The summed E-state index contributed by atoms with van der Waals surface area (Å²) in [6, 6.07) is 7.75. The predicted octanol–water partition coefficient (Wildman–Crippen LogP) is 4.01. The third-order valence-corrected chi connectivity index (χ3v) is 4.95. The first kappa shape index (κ1) is 14.6. The molecule has 6 heteroatoms. The van der Waals surface area contributed by atoms with Crippen molar-refractivity contribution in [2.75, 3.05) is 0 Å². The van der Waals surface area contributed by atoms with Crippen LogP contribution in [0.4, 0.5) is 4.39 Å². The number of carboxylic acid groups (broad SMARTS) is 1. The van der Waals surface area contributed by atoms with Crippen LogP contribution in [0.3, 0.4) is 0 Å². The molecule has 5 nitrogen and oxygen atoms in total. The van der Waals surface area contributed by atoms with Gasteiger partial charge in [-0.2, -0.15) is 5.10 Å². The number of hydrogen-bond acceptors (Lipinski definition) is 3. The van der Waals surface area contributed by atoms with Crippen LogP contribution in [0.15, 0.2) is 30.3 Å². The first-order chi connectivity index (χ1) is 12.1. The molecule has 0 spiro atoms. The second-order valence-electron chi connectivity index (χ2n) is 6.92. The smallest absolute Gasteiger partial charge is 0.336 e. The molecule has 0 amide bonds. The third kappa shape index (κ3) is 2.40. The molecule has 2 saturated carbocycles. The summed E-state index contributed by atoms with van der Waals surface area (Å²) in [6.07, 6.45) is 4.10. The molecule has 0 unspecified atom stereocenters. The third-order valence-electron chi connectivity index (χ3n) is 4.95. The highest BCUT2D eigenvalue weighted by Crippen LogP contribution is 2.45. The molecule has 0 saturated heterocycles. The van der Waals surface area contributed by atoms with Crippen molar-refractivity contribution in [2.45, 2.75) is 37.5 Å². The van der Waals surface area contributed by atoms with E-state index in [1.807, 2.05) is 0 Å². The number of nitrogens with zero attached hydrogens (tertiary/aromatic N) is 3. The van der Waals surface area contributed by atoms with Crippen LogP contribution in [-0.2, 0) is 0 Å². The SMILES string of the molecule is O=C(O)c1cc(C2CC2)nc2c1c(C1CC1)nn2-c1ccc(F)cc1. The van der Waals surface area contributed by atoms with Gasteiger partial charge < -0.3 is 5.11 Å². The molecule has 0 radical (unpaired) electrons. The van der Waals surface area contributed by atoms with Crippen molar-refractivity contribution in [2.24, 2.45) is 0 Å². The number of benzene rings is 1. The van der Waals surface area contributed by atoms with Crippen LogP contribution >= 0.6 is 0 Å². The quantitative estimate of drug-likeness (QED) is 0.781. The number of hydrogen-bond donors (Lipinski definition) is 1. The minimum Gasteiger partial charge on any atom is -0.478 e. The summed E-state index contributed by atoms with van der Waals surface area (Å²) in [5.41, 5.74) is 3.15. The summed E-state index contributed by atoms with van der Waals surface area (Å²) < 4.78 is 15.0. The number of halogens is 1. The lowest BCUT2D eigenvalue weighted by atomic mass is 10.1. The van der Waals surface area contributed by atoms with E-state index in [1.54, 1.807) is 22.9 Å². The highest BCUT2D eigenvalue weighted by atomic mass is 19.1. The zero-order chi connectivity index (χ0) is 17.1. The predicted molar refractivity (Wildman–Crippen MR) is 89.7 cm³/mol. The lowest BCUT2D eigenvalue weighted by Crippen LogP contribution is -2.03. The lowest BCUT2D eigenvalue weighted by Gasteiger charge is -2.06. The number of aromatic nitrogens is 3. The maximum absolute atomic E-state index is 13.3. The van der Waals surface area contributed by atoms with E-state index in [-0.39, 0.29) is 17.3 Å². The van der Waals surface area contributed by atoms with Crippen LogP contribution in [0.25, 0.3) is 16.7 Å². The van der Waals surface area contributed by atoms with E-state index in [0.29, 0.717) is 22.6 Å². The molecule has 1 aromatic carbocycles. The Morgan fingerprint density at radius 2 is 1.80 bits per heavy atom. The Morgan fingerprint density at radius 1 is 1.12 bits per heavy atom. The van der Waals surface area contributed by atoms with E-state index in [1.165, 1.54) is 12.1 Å². The molecule has 0 aliphatic heterocycles. The van der Waals surface area contributed by atoms with Crippen molar-refractivity contribution < 1.29 is 14.3 Å². The van der Waals surface area contributed by atoms with E-state index >= 15 is 0 Å². The summed E-state index contributed by atoms with van der Waals surface area (Å²) in [6.45, 7) is 0. The molecule has 2 aliphatic rings. The van der Waals surface area contributed by atoms with Gasteiger partial charge in [0.15, 0.2) is 5.65 Å². The standard InChI is InChI=1S/C19H16FN3O2/c20-12-5-7-13(8-6-12)23-18-16(17(22-23)11-3-4-11)14(19(24)25)9-15(21-18)10-1-2-10/h5-11H,1-4H2,(H,24,25). The van der Waals surface area contributed by atoms with Crippen molar-refractivity contribution >= 4 is 17.0 Å². The topological polar surface area (TPSA) is 68.0 Å². The van der Waals surface area contributed by atoms with Gasteiger partial charge in [-0.15, -0.1) is 0 Å². The molecule has 126 valence electrons. The Balaban J connectivity index is 1.82. The first-order valence-corrected chi connectivity index (χ1v) is 8.54. The fraction of sp³-hybridized carbons (Fsp3) is 0.316. The highest BCUT2D eigenvalue weighted by molar-refractivity contribution is 6.03. The van der Waals surface area contributed by atoms with Gasteiger partial charge in [0.25, 0.3) is 0 Å². The molecule has 2 fully saturated rings. The molecular weight excluding hydrogens is 321 g/mol. The number of carbonyl (C=O) groups is 1. The minimum atomic E-state index is -0.949. The first-order valence-electron chi connectivity index (χ1n) is 8.54. The maximum atomic E-state index is 13.3. The average molecular weight is 337 g/mol. The van der Waals surface area contributed by atoms with Gasteiger partial charge in [0.2, 0.25) is 0 Å². The average Bonchev–Trinajstić information content (AvgIpc) is 3.51. The van der Waals surface area contributed by atoms with Gasteiger partial charge in [-0.05, 0) is 56.0 Å². The molecule has 1 N–H and O–H groups in total. The fourth-order valence-corrected chi connectivity index (χ4v) is 3.32. The molecule has 2 aromatic heterocycles. The van der Waals surface area contributed by atoms with E-state index in [4.69, 9.17) is 4.98 Å². The summed E-state index contributed by atoms with van der Waals surface area (Å²) in [5, 5.41) is 15.0. The number of pyridine rings is 1. The van der Waals surface area contributed by atoms with Crippen LogP contribution in [0, 0.1) is 5.82 Å². The number of aromatic carboxylic acids is 1. The Labute approximate surface area is 143 Å². The Hall–Kier alpha value is -2.76. The maximum Gasteiger partial charge on any atom is 0.336 e. The van der Waals surface area contributed by atoms with E-state index in [2.05, 4.69) is 5.10 Å². The number of fused-ring (bicyclic) bond motifs is 1. The summed E-state index contributed by atoms with van der Waals surface area (Å²) in [5.74, 6) is -0.644. The Kier molecular flexibility index (Phi) is 2.98. The largest absolute Gasteiger partial charge is 0.478 e. The summed E-state index contributed by atoms with van der Waals surface area (Å²) in [7, 11) is 0. The van der Waals surface area contributed by atoms with Gasteiger partial charge >= 0.3 is 5.97 Å². The molecule has 25 heavy (non-hydrogen) atoms. The van der Waals surface area contributed by atoms with E-state index < -0.39 is 5.97 Å². The molecule has 0 bridgehead atoms. The lowest BCUT2D eigenvalue weighted by molar-refractivity contribution is 0.0698. The molecule has 2 aliphatic carbocycles. The number of rotatable bonds is 4. The van der Waals surface area contributed by atoms with E-state index in [0.717, 1.165) is 37.1 Å².